The van der Waals surface area contributed by atoms with E-state index in [0.29, 0.717) is 17.2 Å². The average molecular weight is 348 g/mol. The molecule has 2 aromatic rings. The molecule has 1 heterocycles. The summed E-state index contributed by atoms with van der Waals surface area (Å²) >= 11 is 6.67. The largest absolute Gasteiger partial charge is 0.493 e. The van der Waals surface area contributed by atoms with E-state index in [9.17, 15) is 4.79 Å². The average Bonchev–Trinajstić information content (AvgIpc) is 3.06. The Kier molecular flexibility index (Phi) is 6.13. The molecule has 0 bridgehead atoms. The minimum atomic E-state index is -0.295. The quantitative estimate of drug-likeness (QED) is 0.641. The third-order valence-electron chi connectivity index (χ3n) is 2.82. The van der Waals surface area contributed by atoms with Crippen LogP contribution in [0.2, 0.25) is 0 Å². The van der Waals surface area contributed by atoms with Gasteiger partial charge in [-0.05, 0) is 41.9 Å². The Balaban J connectivity index is 1.92. The molecule has 7 heteroatoms. The number of carbonyl (C=O) groups excluding carboxylic acids is 1. The van der Waals surface area contributed by atoms with Crippen LogP contribution in [0.4, 0.5) is 5.69 Å². The molecule has 1 aromatic heterocycles. The summed E-state index contributed by atoms with van der Waals surface area (Å²) in [5.41, 5.74) is 0.690. The Bertz CT molecular complexity index is 712. The van der Waals surface area contributed by atoms with Gasteiger partial charge in [0.2, 0.25) is 5.91 Å². The molecule has 0 spiro atoms. The van der Waals surface area contributed by atoms with Gasteiger partial charge in [-0.1, -0.05) is 6.07 Å². The number of anilines is 1. The van der Waals surface area contributed by atoms with Gasteiger partial charge in [0.05, 0.1) is 14.2 Å². The maximum absolute atomic E-state index is 11.8. The number of hydrogen-bond acceptors (Lipinski definition) is 5. The van der Waals surface area contributed by atoms with Gasteiger partial charge in [0, 0.05) is 22.7 Å². The monoisotopic (exact) mass is 348 g/mol. The summed E-state index contributed by atoms with van der Waals surface area (Å²) in [5.74, 6) is 0.896. The summed E-state index contributed by atoms with van der Waals surface area (Å²) < 4.78 is 10.4. The Morgan fingerprint density at radius 1 is 1.22 bits per heavy atom. The van der Waals surface area contributed by atoms with Crippen molar-refractivity contribution in [3.05, 3.63) is 46.7 Å². The van der Waals surface area contributed by atoms with Gasteiger partial charge in [-0.3, -0.25) is 10.1 Å². The highest BCUT2D eigenvalue weighted by atomic mass is 32.1. The van der Waals surface area contributed by atoms with Crippen LogP contribution in [0.1, 0.15) is 4.88 Å². The first-order valence-corrected chi connectivity index (χ1v) is 7.96. The third kappa shape index (κ3) is 5.08. The van der Waals surface area contributed by atoms with Gasteiger partial charge in [0.25, 0.3) is 0 Å². The smallest absolute Gasteiger partial charge is 0.250 e. The van der Waals surface area contributed by atoms with Crippen molar-refractivity contribution < 1.29 is 14.3 Å². The molecular formula is C16H16N2O3S2. The molecule has 0 fully saturated rings. The molecule has 120 valence electrons. The van der Waals surface area contributed by atoms with E-state index in [1.807, 2.05) is 17.5 Å². The van der Waals surface area contributed by atoms with E-state index in [2.05, 4.69) is 10.6 Å². The molecule has 0 radical (unpaired) electrons. The van der Waals surface area contributed by atoms with Crippen molar-refractivity contribution in [2.75, 3.05) is 19.5 Å². The SMILES string of the molecule is COc1ccc(NC(=S)NC(=O)/C=C/c2cccs2)cc1OC. The summed E-state index contributed by atoms with van der Waals surface area (Å²) in [6.45, 7) is 0. The first-order chi connectivity index (χ1) is 11.1. The van der Waals surface area contributed by atoms with Crippen molar-refractivity contribution in [1.82, 2.24) is 5.32 Å². The second kappa shape index (κ2) is 8.30. The fourth-order valence-electron chi connectivity index (χ4n) is 1.77. The van der Waals surface area contributed by atoms with Crippen molar-refractivity contribution in [3.8, 4) is 11.5 Å². The number of rotatable bonds is 5. The van der Waals surface area contributed by atoms with E-state index in [4.69, 9.17) is 21.7 Å². The second-order valence-electron chi connectivity index (χ2n) is 4.36. The van der Waals surface area contributed by atoms with Gasteiger partial charge in [0.15, 0.2) is 16.6 Å². The van der Waals surface area contributed by atoms with Crippen LogP contribution in [0, 0.1) is 0 Å². The van der Waals surface area contributed by atoms with Gasteiger partial charge in [-0.2, -0.15) is 0 Å². The van der Waals surface area contributed by atoms with Gasteiger partial charge in [-0.15, -0.1) is 11.3 Å². The van der Waals surface area contributed by atoms with Gasteiger partial charge >= 0.3 is 0 Å². The zero-order valence-electron chi connectivity index (χ0n) is 12.7. The van der Waals surface area contributed by atoms with Crippen molar-refractivity contribution in [1.29, 1.82) is 0 Å². The second-order valence-corrected chi connectivity index (χ2v) is 5.75. The summed E-state index contributed by atoms with van der Waals surface area (Å²) in [6, 6.07) is 9.11. The highest BCUT2D eigenvalue weighted by Crippen LogP contribution is 2.29. The Morgan fingerprint density at radius 2 is 2.00 bits per heavy atom. The van der Waals surface area contributed by atoms with Crippen LogP contribution >= 0.6 is 23.6 Å². The molecule has 0 saturated carbocycles. The van der Waals surface area contributed by atoms with Crippen LogP contribution in [0.25, 0.3) is 6.08 Å². The lowest BCUT2D eigenvalue weighted by Gasteiger charge is -2.11. The Morgan fingerprint density at radius 3 is 2.65 bits per heavy atom. The predicted molar refractivity (Wildman–Crippen MR) is 97.3 cm³/mol. The maximum atomic E-state index is 11.8. The molecule has 0 aliphatic rings. The molecule has 2 N–H and O–H groups in total. The third-order valence-corrected chi connectivity index (χ3v) is 3.86. The molecule has 0 unspecified atom stereocenters. The van der Waals surface area contributed by atoms with E-state index in [1.54, 1.807) is 49.8 Å². The molecule has 0 atom stereocenters. The fraction of sp³-hybridized carbons (Fsp3) is 0.125. The molecule has 5 nitrogen and oxygen atoms in total. The molecular weight excluding hydrogens is 332 g/mol. The van der Waals surface area contributed by atoms with Crippen molar-refractivity contribution >= 4 is 46.3 Å². The topological polar surface area (TPSA) is 59.6 Å². The van der Waals surface area contributed by atoms with Crippen LogP contribution in [0.5, 0.6) is 11.5 Å². The molecule has 0 saturated heterocycles. The zero-order chi connectivity index (χ0) is 16.7. The minimum Gasteiger partial charge on any atom is -0.493 e. The van der Waals surface area contributed by atoms with Crippen LogP contribution in [-0.2, 0) is 4.79 Å². The standard InChI is InChI=1S/C16H16N2O3S2/c1-20-13-7-5-11(10-14(13)21-2)17-16(22)18-15(19)8-6-12-4-3-9-23-12/h3-10H,1-2H3,(H2,17,18,19,22)/b8-6+. The van der Waals surface area contributed by atoms with Crippen LogP contribution in [0.15, 0.2) is 41.8 Å². The number of thiophene rings is 1. The van der Waals surface area contributed by atoms with Crippen molar-refractivity contribution in [3.63, 3.8) is 0 Å². The Hall–Kier alpha value is -2.38. The lowest BCUT2D eigenvalue weighted by Crippen LogP contribution is -2.32. The summed E-state index contributed by atoms with van der Waals surface area (Å²) in [5, 5.41) is 7.66. The maximum Gasteiger partial charge on any atom is 0.250 e. The molecule has 0 aliphatic heterocycles. The zero-order valence-corrected chi connectivity index (χ0v) is 14.3. The van der Waals surface area contributed by atoms with Gasteiger partial charge in [0.1, 0.15) is 0 Å². The number of ether oxygens (including phenoxy) is 2. The first kappa shape index (κ1) is 17.0. The van der Waals surface area contributed by atoms with Crippen LogP contribution in [0.3, 0.4) is 0 Å². The number of nitrogens with one attached hydrogen (secondary N) is 2. The number of benzene rings is 1. The normalized spacial score (nSPS) is 10.3. The molecule has 1 aromatic carbocycles. The first-order valence-electron chi connectivity index (χ1n) is 6.68. The fourth-order valence-corrected chi connectivity index (χ4v) is 2.61. The lowest BCUT2D eigenvalue weighted by atomic mass is 10.3. The predicted octanol–water partition coefficient (Wildman–Crippen LogP) is 3.29. The van der Waals surface area contributed by atoms with Crippen LogP contribution < -0.4 is 20.1 Å². The van der Waals surface area contributed by atoms with E-state index in [-0.39, 0.29) is 11.0 Å². The van der Waals surface area contributed by atoms with Gasteiger partial charge in [-0.25, -0.2) is 0 Å². The van der Waals surface area contributed by atoms with Crippen LogP contribution in [-0.4, -0.2) is 25.2 Å². The highest BCUT2D eigenvalue weighted by Gasteiger charge is 2.06. The highest BCUT2D eigenvalue weighted by molar-refractivity contribution is 7.80. The van der Waals surface area contributed by atoms with Crippen molar-refractivity contribution in [2.24, 2.45) is 0 Å². The number of carbonyl (C=O) groups is 1. The minimum absolute atomic E-state index is 0.207. The van der Waals surface area contributed by atoms with E-state index in [1.165, 1.54) is 6.08 Å². The molecule has 23 heavy (non-hydrogen) atoms. The number of methoxy groups -OCH3 is 2. The molecule has 0 aliphatic carbocycles. The van der Waals surface area contributed by atoms with Crippen molar-refractivity contribution in [2.45, 2.75) is 0 Å². The summed E-state index contributed by atoms with van der Waals surface area (Å²) in [4.78, 5) is 12.8. The number of thiocarbonyl (C=S) groups is 1. The van der Waals surface area contributed by atoms with E-state index in [0.717, 1.165) is 4.88 Å². The Labute approximate surface area is 143 Å². The van der Waals surface area contributed by atoms with E-state index >= 15 is 0 Å². The van der Waals surface area contributed by atoms with Gasteiger partial charge < -0.3 is 14.8 Å². The number of amides is 1. The molecule has 2 rings (SSSR count). The summed E-state index contributed by atoms with van der Waals surface area (Å²) in [7, 11) is 3.12. The lowest BCUT2D eigenvalue weighted by molar-refractivity contribution is -0.115. The summed E-state index contributed by atoms with van der Waals surface area (Å²) in [6.07, 6.45) is 3.17. The van der Waals surface area contributed by atoms with E-state index < -0.39 is 0 Å². The molecule has 1 amide bonds. The number of hydrogen-bond donors (Lipinski definition) is 2.